The third-order valence-electron chi connectivity index (χ3n) is 7.74. The average Bonchev–Trinajstić information content (AvgIpc) is 3.56. The Balaban J connectivity index is 1.40. The molecule has 0 unspecified atom stereocenters. The lowest BCUT2D eigenvalue weighted by Gasteiger charge is -2.46. The fourth-order valence-electron chi connectivity index (χ4n) is 5.86. The number of rotatable bonds is 8. The summed E-state index contributed by atoms with van der Waals surface area (Å²) in [6.07, 6.45) is 12.2. The van der Waals surface area contributed by atoms with E-state index in [2.05, 4.69) is 54.0 Å². The first kappa shape index (κ1) is 24.3. The zero-order valence-corrected chi connectivity index (χ0v) is 21.9. The van der Waals surface area contributed by atoms with Gasteiger partial charge < -0.3 is 14.4 Å². The molecule has 5 nitrogen and oxygen atoms in total. The summed E-state index contributed by atoms with van der Waals surface area (Å²) in [6, 6.07) is 15.3. The van der Waals surface area contributed by atoms with E-state index in [0.29, 0.717) is 17.7 Å². The number of benzene rings is 1. The van der Waals surface area contributed by atoms with Crippen LogP contribution in [0.15, 0.2) is 54.9 Å². The molecule has 0 N–H and O–H groups in total. The summed E-state index contributed by atoms with van der Waals surface area (Å²) in [4.78, 5) is 24.9. The van der Waals surface area contributed by atoms with Gasteiger partial charge in [-0.15, -0.1) is 11.3 Å². The van der Waals surface area contributed by atoms with E-state index in [4.69, 9.17) is 4.98 Å². The first-order chi connectivity index (χ1) is 17.1. The highest BCUT2D eigenvalue weighted by Crippen LogP contribution is 2.33. The monoisotopic (exact) mass is 490 g/mol. The van der Waals surface area contributed by atoms with Crippen LogP contribution in [-0.2, 0) is 12.8 Å². The standard InChI is InChI=1S/C29H38N4OS/c1-22(2)33(21-24-13-10-20-31-17-7-6-14-25(24)31)28(34)27-26(16-15-23-11-4-3-5-12-23)35-29(30-27)32-18-8-9-19-32/h3-5,8-9,11-12,18-19,22,24-25H,6-7,10,13-17,20-21H2,1-2H3/t24-,25+/m0/s1. The van der Waals surface area contributed by atoms with Crippen molar-refractivity contribution in [1.29, 1.82) is 0 Å². The molecule has 2 saturated heterocycles. The molecule has 1 aromatic carbocycles. The van der Waals surface area contributed by atoms with E-state index < -0.39 is 0 Å². The van der Waals surface area contributed by atoms with Crippen LogP contribution in [0, 0.1) is 5.92 Å². The predicted molar refractivity (Wildman–Crippen MR) is 143 cm³/mol. The number of carbonyl (C=O) groups is 1. The Morgan fingerprint density at radius 1 is 1.03 bits per heavy atom. The highest BCUT2D eigenvalue weighted by atomic mass is 32.1. The van der Waals surface area contributed by atoms with Crippen molar-refractivity contribution >= 4 is 17.2 Å². The van der Waals surface area contributed by atoms with Crippen molar-refractivity contribution in [2.45, 2.75) is 70.9 Å². The topological polar surface area (TPSA) is 41.4 Å². The third-order valence-corrected chi connectivity index (χ3v) is 8.87. The molecular formula is C29H38N4OS. The fraction of sp³-hybridized carbons (Fsp3) is 0.517. The van der Waals surface area contributed by atoms with Crippen LogP contribution in [0.1, 0.15) is 66.9 Å². The molecule has 0 aliphatic carbocycles. The Bertz CT molecular complexity index is 1090. The number of nitrogens with zero attached hydrogens (tertiary/aromatic N) is 4. The highest BCUT2D eigenvalue weighted by molar-refractivity contribution is 7.14. The van der Waals surface area contributed by atoms with Crippen LogP contribution >= 0.6 is 11.3 Å². The number of fused-ring (bicyclic) bond motifs is 1. The van der Waals surface area contributed by atoms with Gasteiger partial charge >= 0.3 is 0 Å². The van der Waals surface area contributed by atoms with E-state index in [1.807, 2.05) is 29.1 Å². The Labute approximate surface area is 213 Å². The Morgan fingerprint density at radius 2 is 1.80 bits per heavy atom. The van der Waals surface area contributed by atoms with Gasteiger partial charge in [-0.05, 0) is 89.1 Å². The maximum absolute atomic E-state index is 14.1. The van der Waals surface area contributed by atoms with Crippen molar-refractivity contribution in [2.75, 3.05) is 19.6 Å². The second-order valence-corrected chi connectivity index (χ2v) is 11.5. The molecule has 3 aromatic rings. The van der Waals surface area contributed by atoms with Crippen LogP contribution in [0.25, 0.3) is 5.13 Å². The van der Waals surface area contributed by atoms with E-state index in [1.165, 1.54) is 50.8 Å². The number of aromatic nitrogens is 2. The largest absolute Gasteiger partial charge is 0.335 e. The summed E-state index contributed by atoms with van der Waals surface area (Å²) in [5.41, 5.74) is 1.95. The predicted octanol–water partition coefficient (Wildman–Crippen LogP) is 5.83. The van der Waals surface area contributed by atoms with E-state index in [1.54, 1.807) is 11.3 Å². The lowest BCUT2D eigenvalue weighted by Crippen LogP contribution is -2.52. The summed E-state index contributed by atoms with van der Waals surface area (Å²) < 4.78 is 2.02. The van der Waals surface area contributed by atoms with E-state index in [-0.39, 0.29) is 11.9 Å². The summed E-state index contributed by atoms with van der Waals surface area (Å²) in [6.45, 7) is 7.61. The molecule has 4 heterocycles. The van der Waals surface area contributed by atoms with Crippen LogP contribution < -0.4 is 0 Å². The molecule has 2 aliphatic heterocycles. The van der Waals surface area contributed by atoms with Gasteiger partial charge in [-0.25, -0.2) is 4.98 Å². The second kappa shape index (κ2) is 11.1. The molecule has 186 valence electrons. The van der Waals surface area contributed by atoms with Crippen molar-refractivity contribution in [2.24, 2.45) is 5.92 Å². The minimum absolute atomic E-state index is 0.102. The zero-order chi connectivity index (χ0) is 24.2. The number of thiazole rings is 1. The van der Waals surface area contributed by atoms with Gasteiger partial charge in [0, 0.05) is 35.9 Å². The van der Waals surface area contributed by atoms with Crippen LogP contribution in [0.2, 0.25) is 0 Å². The molecule has 2 atom stereocenters. The first-order valence-corrected chi connectivity index (χ1v) is 14.1. The SMILES string of the molecule is CC(C)N(C[C@@H]1CCCN2CCCC[C@H]12)C(=O)c1nc(-n2cccc2)sc1CCc1ccccc1. The molecule has 5 rings (SSSR count). The molecule has 0 spiro atoms. The van der Waals surface area contributed by atoms with Gasteiger partial charge in [0.2, 0.25) is 0 Å². The average molecular weight is 491 g/mol. The minimum Gasteiger partial charge on any atom is -0.335 e. The Morgan fingerprint density at radius 3 is 2.57 bits per heavy atom. The van der Waals surface area contributed by atoms with E-state index in [0.717, 1.165) is 29.4 Å². The van der Waals surface area contributed by atoms with Gasteiger partial charge in [0.1, 0.15) is 5.69 Å². The molecule has 0 radical (unpaired) electrons. The van der Waals surface area contributed by atoms with Crippen LogP contribution in [0.4, 0.5) is 0 Å². The van der Waals surface area contributed by atoms with Crippen molar-refractivity contribution < 1.29 is 4.79 Å². The summed E-state index contributed by atoms with van der Waals surface area (Å²) >= 11 is 1.65. The highest BCUT2D eigenvalue weighted by Gasteiger charge is 2.36. The molecule has 2 aromatic heterocycles. The van der Waals surface area contributed by atoms with Gasteiger partial charge in [-0.2, -0.15) is 0 Å². The molecular weight excluding hydrogens is 452 g/mol. The number of hydrogen-bond acceptors (Lipinski definition) is 4. The summed E-state index contributed by atoms with van der Waals surface area (Å²) in [7, 11) is 0. The van der Waals surface area contributed by atoms with Crippen molar-refractivity contribution in [3.05, 3.63) is 71.0 Å². The first-order valence-electron chi connectivity index (χ1n) is 13.3. The lowest BCUT2D eigenvalue weighted by atomic mass is 9.83. The van der Waals surface area contributed by atoms with Crippen LogP contribution in [-0.4, -0.2) is 57.0 Å². The number of carbonyl (C=O) groups excluding carboxylic acids is 1. The van der Waals surface area contributed by atoms with E-state index >= 15 is 0 Å². The fourth-order valence-corrected chi connectivity index (χ4v) is 6.88. The van der Waals surface area contributed by atoms with Crippen LogP contribution in [0.5, 0.6) is 0 Å². The van der Waals surface area contributed by atoms with Gasteiger partial charge in [-0.3, -0.25) is 4.79 Å². The summed E-state index contributed by atoms with van der Waals surface area (Å²) in [5, 5.41) is 0.876. The molecule has 0 saturated carbocycles. The van der Waals surface area contributed by atoms with Gasteiger partial charge in [-0.1, -0.05) is 36.8 Å². The number of piperidine rings is 2. The number of aryl methyl sites for hydroxylation is 2. The van der Waals surface area contributed by atoms with Crippen LogP contribution in [0.3, 0.4) is 0 Å². The molecule has 2 aliphatic rings. The maximum atomic E-state index is 14.1. The zero-order valence-electron chi connectivity index (χ0n) is 21.1. The number of hydrogen-bond donors (Lipinski definition) is 0. The van der Waals surface area contributed by atoms with Gasteiger partial charge in [0.05, 0.1) is 0 Å². The molecule has 0 bridgehead atoms. The van der Waals surface area contributed by atoms with Crippen molar-refractivity contribution in [3.63, 3.8) is 0 Å². The molecule has 6 heteroatoms. The van der Waals surface area contributed by atoms with Gasteiger partial charge in [0.15, 0.2) is 5.13 Å². The van der Waals surface area contributed by atoms with Gasteiger partial charge in [0.25, 0.3) is 5.91 Å². The molecule has 2 fully saturated rings. The second-order valence-electron chi connectivity index (χ2n) is 10.4. The maximum Gasteiger partial charge on any atom is 0.273 e. The minimum atomic E-state index is 0.102. The molecule has 35 heavy (non-hydrogen) atoms. The number of amides is 1. The van der Waals surface area contributed by atoms with Crippen molar-refractivity contribution in [1.82, 2.24) is 19.4 Å². The summed E-state index contributed by atoms with van der Waals surface area (Å²) in [5.74, 6) is 0.663. The quantitative estimate of drug-likeness (QED) is 0.399. The van der Waals surface area contributed by atoms with Crippen molar-refractivity contribution in [3.8, 4) is 5.13 Å². The smallest absolute Gasteiger partial charge is 0.273 e. The Kier molecular flexibility index (Phi) is 7.69. The molecule has 1 amide bonds. The lowest BCUT2D eigenvalue weighted by molar-refractivity contribution is 0.0306. The third kappa shape index (κ3) is 5.54. The Hall–Kier alpha value is -2.44. The normalized spacial score (nSPS) is 20.7. The van der Waals surface area contributed by atoms with E-state index in [9.17, 15) is 4.79 Å².